The molecule has 1 N–H and O–H groups in total. The van der Waals surface area contributed by atoms with Crippen LogP contribution in [0.5, 0.6) is 11.5 Å². The molecule has 0 atom stereocenters. The number of nitrogens with zero attached hydrogens (tertiary/aromatic N) is 5. The number of carbonyl (C=O) groups is 1. The Kier molecular flexibility index (Phi) is 8.52. The second-order valence-electron chi connectivity index (χ2n) is 9.54. The van der Waals surface area contributed by atoms with Crippen molar-refractivity contribution in [3.63, 3.8) is 0 Å². The van der Waals surface area contributed by atoms with E-state index in [1.165, 1.54) is 6.33 Å². The molecule has 2 aromatic carbocycles. The summed E-state index contributed by atoms with van der Waals surface area (Å²) in [7, 11) is 1.58. The van der Waals surface area contributed by atoms with Gasteiger partial charge < -0.3 is 19.7 Å². The van der Waals surface area contributed by atoms with Crippen molar-refractivity contribution in [3.05, 3.63) is 59.9 Å². The highest BCUT2D eigenvalue weighted by molar-refractivity contribution is 5.95. The molecule has 0 radical (unpaired) electrons. The average Bonchev–Trinajstić information content (AvgIpc) is 2.95. The average molecular weight is 501 g/mol. The Labute approximate surface area is 217 Å². The van der Waals surface area contributed by atoms with Gasteiger partial charge in [-0.2, -0.15) is 10.2 Å². The number of methoxy groups -OCH3 is 1. The van der Waals surface area contributed by atoms with E-state index in [1.807, 2.05) is 12.1 Å². The van der Waals surface area contributed by atoms with Crippen molar-refractivity contribution in [2.75, 3.05) is 38.3 Å². The molecule has 1 aromatic heterocycles. The van der Waals surface area contributed by atoms with E-state index < -0.39 is 0 Å². The van der Waals surface area contributed by atoms with Crippen LogP contribution in [-0.4, -0.2) is 54.2 Å². The molecule has 3 aromatic rings. The molecule has 1 amide bonds. The lowest BCUT2D eigenvalue weighted by Crippen LogP contribution is -2.39. The van der Waals surface area contributed by atoms with Crippen LogP contribution in [0.4, 0.5) is 5.95 Å². The van der Waals surface area contributed by atoms with Crippen molar-refractivity contribution < 1.29 is 14.3 Å². The van der Waals surface area contributed by atoms with Crippen LogP contribution in [0.3, 0.4) is 0 Å². The molecule has 2 heterocycles. The van der Waals surface area contributed by atoms with Crippen molar-refractivity contribution >= 4 is 11.9 Å². The molecule has 4 rings (SSSR count). The van der Waals surface area contributed by atoms with E-state index in [1.54, 1.807) is 37.4 Å². The molecular formula is C28H32N6O3. The fourth-order valence-corrected chi connectivity index (χ4v) is 4.15. The first-order valence-electron chi connectivity index (χ1n) is 12.5. The van der Waals surface area contributed by atoms with Gasteiger partial charge in [0.25, 0.3) is 5.91 Å². The molecule has 1 aliphatic heterocycles. The SMILES string of the molecule is COc1cc(OCC(C)C)cc(C(=O)NCC2CCN(c3ncnc(-c4cccc(C#N)c4)n3)CC2)c1. The van der Waals surface area contributed by atoms with Crippen LogP contribution < -0.4 is 19.7 Å². The summed E-state index contributed by atoms with van der Waals surface area (Å²) in [5, 5.41) is 12.2. The minimum atomic E-state index is -0.141. The Hall–Kier alpha value is -4.19. The largest absolute Gasteiger partial charge is 0.497 e. The topological polar surface area (TPSA) is 113 Å². The summed E-state index contributed by atoms with van der Waals surface area (Å²) < 4.78 is 11.2. The summed E-state index contributed by atoms with van der Waals surface area (Å²) in [4.78, 5) is 28.3. The Bertz CT molecular complexity index is 1260. The third-order valence-corrected chi connectivity index (χ3v) is 6.22. The Morgan fingerprint density at radius 1 is 1.16 bits per heavy atom. The fourth-order valence-electron chi connectivity index (χ4n) is 4.15. The molecule has 1 saturated heterocycles. The van der Waals surface area contributed by atoms with Gasteiger partial charge in [-0.1, -0.05) is 26.0 Å². The van der Waals surface area contributed by atoms with Crippen molar-refractivity contribution in [1.29, 1.82) is 5.26 Å². The second-order valence-corrected chi connectivity index (χ2v) is 9.54. The van der Waals surface area contributed by atoms with Gasteiger partial charge in [0, 0.05) is 36.8 Å². The van der Waals surface area contributed by atoms with Crippen molar-refractivity contribution in [1.82, 2.24) is 20.3 Å². The molecule has 1 fully saturated rings. The summed E-state index contributed by atoms with van der Waals surface area (Å²) in [5.41, 5.74) is 1.87. The number of piperidine rings is 1. The van der Waals surface area contributed by atoms with Gasteiger partial charge in [-0.3, -0.25) is 4.79 Å². The number of nitrogens with one attached hydrogen (secondary N) is 1. The summed E-state index contributed by atoms with van der Waals surface area (Å²) in [6, 6.07) is 14.7. The standard InChI is InChI=1S/C28H32N6O3/c1-19(2)17-37-25-13-23(12-24(14-25)36-3)27(35)30-16-20-7-9-34(10-8-20)28-32-18-31-26(33-28)22-6-4-5-21(11-22)15-29/h4-6,11-14,18-20H,7-10,16-17H2,1-3H3,(H,30,35). The Morgan fingerprint density at radius 2 is 1.95 bits per heavy atom. The molecule has 192 valence electrons. The van der Waals surface area contributed by atoms with E-state index in [0.29, 0.717) is 59.4 Å². The van der Waals surface area contributed by atoms with Gasteiger partial charge in [0.05, 0.1) is 25.3 Å². The number of carbonyl (C=O) groups excluding carboxylic acids is 1. The minimum Gasteiger partial charge on any atom is -0.497 e. The minimum absolute atomic E-state index is 0.141. The van der Waals surface area contributed by atoms with Crippen LogP contribution in [0.1, 0.15) is 42.6 Å². The number of rotatable bonds is 9. The quantitative estimate of drug-likeness (QED) is 0.467. The molecule has 37 heavy (non-hydrogen) atoms. The van der Waals surface area contributed by atoms with E-state index in [2.05, 4.69) is 45.1 Å². The molecule has 0 unspecified atom stereocenters. The molecular weight excluding hydrogens is 468 g/mol. The molecule has 9 heteroatoms. The van der Waals surface area contributed by atoms with Crippen LogP contribution in [0, 0.1) is 23.2 Å². The molecule has 9 nitrogen and oxygen atoms in total. The zero-order chi connectivity index (χ0) is 26.2. The van der Waals surface area contributed by atoms with E-state index in [4.69, 9.17) is 14.7 Å². The van der Waals surface area contributed by atoms with Crippen LogP contribution in [0.25, 0.3) is 11.4 Å². The predicted octanol–water partition coefficient (Wildman–Crippen LogP) is 4.10. The third-order valence-electron chi connectivity index (χ3n) is 6.22. The van der Waals surface area contributed by atoms with Crippen LogP contribution in [0.15, 0.2) is 48.8 Å². The molecule has 0 bridgehead atoms. The van der Waals surface area contributed by atoms with Gasteiger partial charge in [-0.25, -0.2) is 9.97 Å². The Balaban J connectivity index is 1.32. The highest BCUT2D eigenvalue weighted by Gasteiger charge is 2.22. The smallest absolute Gasteiger partial charge is 0.251 e. The highest BCUT2D eigenvalue weighted by atomic mass is 16.5. The number of benzene rings is 2. The van der Waals surface area contributed by atoms with Gasteiger partial charge in [0.1, 0.15) is 17.8 Å². The third kappa shape index (κ3) is 6.94. The predicted molar refractivity (Wildman–Crippen MR) is 141 cm³/mol. The molecule has 0 aliphatic carbocycles. The number of nitriles is 1. The van der Waals surface area contributed by atoms with Crippen LogP contribution >= 0.6 is 0 Å². The maximum Gasteiger partial charge on any atom is 0.251 e. The van der Waals surface area contributed by atoms with Gasteiger partial charge >= 0.3 is 0 Å². The first-order valence-corrected chi connectivity index (χ1v) is 12.5. The van der Waals surface area contributed by atoms with E-state index in [9.17, 15) is 4.79 Å². The summed E-state index contributed by atoms with van der Waals surface area (Å²) in [6.45, 7) is 6.89. The zero-order valence-corrected chi connectivity index (χ0v) is 21.5. The van der Waals surface area contributed by atoms with Crippen molar-refractivity contribution in [2.45, 2.75) is 26.7 Å². The van der Waals surface area contributed by atoms with Crippen LogP contribution in [0.2, 0.25) is 0 Å². The number of amides is 1. The highest BCUT2D eigenvalue weighted by Crippen LogP contribution is 2.25. The lowest BCUT2D eigenvalue weighted by molar-refractivity contribution is 0.0944. The van der Waals surface area contributed by atoms with E-state index in [0.717, 1.165) is 31.5 Å². The van der Waals surface area contributed by atoms with Gasteiger partial charge in [0.15, 0.2) is 5.82 Å². The summed E-state index contributed by atoms with van der Waals surface area (Å²) in [5.74, 6) is 2.99. The first-order chi connectivity index (χ1) is 17.9. The second kappa shape index (κ2) is 12.2. The molecule has 1 aliphatic rings. The summed E-state index contributed by atoms with van der Waals surface area (Å²) in [6.07, 6.45) is 3.33. The maximum absolute atomic E-state index is 12.9. The zero-order valence-electron chi connectivity index (χ0n) is 21.5. The van der Waals surface area contributed by atoms with Gasteiger partial charge in [0.2, 0.25) is 5.95 Å². The molecule has 0 spiro atoms. The maximum atomic E-state index is 12.9. The Morgan fingerprint density at radius 3 is 2.68 bits per heavy atom. The number of ether oxygens (including phenoxy) is 2. The van der Waals surface area contributed by atoms with Gasteiger partial charge in [-0.15, -0.1) is 0 Å². The normalized spacial score (nSPS) is 13.8. The molecule has 0 saturated carbocycles. The fraction of sp³-hybridized carbons (Fsp3) is 0.393. The lowest BCUT2D eigenvalue weighted by atomic mass is 9.97. The lowest BCUT2D eigenvalue weighted by Gasteiger charge is -2.32. The van der Waals surface area contributed by atoms with Crippen molar-refractivity contribution in [2.24, 2.45) is 11.8 Å². The monoisotopic (exact) mass is 500 g/mol. The number of hydrogen-bond acceptors (Lipinski definition) is 8. The van der Waals surface area contributed by atoms with Gasteiger partial charge in [-0.05, 0) is 48.9 Å². The van der Waals surface area contributed by atoms with E-state index in [-0.39, 0.29) is 5.91 Å². The number of hydrogen-bond donors (Lipinski definition) is 1. The number of aromatic nitrogens is 3. The van der Waals surface area contributed by atoms with Crippen molar-refractivity contribution in [3.8, 4) is 29.0 Å². The summed E-state index contributed by atoms with van der Waals surface area (Å²) >= 11 is 0. The first kappa shape index (κ1) is 25.9. The number of anilines is 1. The van der Waals surface area contributed by atoms with Crippen LogP contribution in [-0.2, 0) is 0 Å². The van der Waals surface area contributed by atoms with E-state index >= 15 is 0 Å².